The third-order valence-corrected chi connectivity index (χ3v) is 4.52. The SMILES string of the molecule is O=C1CCCN1CCCNc1nc(Nc2ccc(Cl)cc2)ncc1C(F)(F)F. The number of amides is 1. The standard InChI is InChI=1S/C18H19ClF3N5O/c19-12-4-6-13(7-5-12)25-17-24-11-14(18(20,21)22)16(26-17)23-8-2-10-27-9-1-3-15(27)28/h4-7,11H,1-3,8-10H2,(H2,23,24,25,26). The van der Waals surface area contributed by atoms with Gasteiger partial charge in [0.15, 0.2) is 0 Å². The number of hydrogen-bond acceptors (Lipinski definition) is 5. The van der Waals surface area contributed by atoms with Crippen LogP contribution in [0.4, 0.5) is 30.6 Å². The van der Waals surface area contributed by atoms with Gasteiger partial charge in [0.05, 0.1) is 0 Å². The van der Waals surface area contributed by atoms with Gasteiger partial charge in [-0.1, -0.05) is 11.6 Å². The minimum Gasteiger partial charge on any atom is -0.369 e. The van der Waals surface area contributed by atoms with Crippen LogP contribution in [-0.4, -0.2) is 40.4 Å². The molecule has 1 amide bonds. The van der Waals surface area contributed by atoms with Crippen LogP contribution in [0, 0.1) is 0 Å². The van der Waals surface area contributed by atoms with Crippen LogP contribution in [0.25, 0.3) is 0 Å². The van der Waals surface area contributed by atoms with E-state index in [0.29, 0.717) is 36.6 Å². The molecule has 150 valence electrons. The van der Waals surface area contributed by atoms with Crippen molar-refractivity contribution in [1.29, 1.82) is 0 Å². The van der Waals surface area contributed by atoms with Gasteiger partial charge in [0.2, 0.25) is 11.9 Å². The molecule has 10 heteroatoms. The summed E-state index contributed by atoms with van der Waals surface area (Å²) in [7, 11) is 0. The van der Waals surface area contributed by atoms with Gasteiger partial charge in [0.25, 0.3) is 0 Å². The fourth-order valence-corrected chi connectivity index (χ4v) is 2.99. The van der Waals surface area contributed by atoms with E-state index in [4.69, 9.17) is 11.6 Å². The summed E-state index contributed by atoms with van der Waals surface area (Å²) in [6, 6.07) is 6.63. The molecule has 0 spiro atoms. The second-order valence-electron chi connectivity index (χ2n) is 6.35. The number of rotatable bonds is 7. The van der Waals surface area contributed by atoms with Gasteiger partial charge in [-0.25, -0.2) is 4.98 Å². The zero-order chi connectivity index (χ0) is 20.1. The second kappa shape index (κ2) is 8.64. The van der Waals surface area contributed by atoms with Gasteiger partial charge in [-0.3, -0.25) is 4.79 Å². The van der Waals surface area contributed by atoms with Crippen LogP contribution < -0.4 is 10.6 Å². The first-order valence-electron chi connectivity index (χ1n) is 8.81. The highest BCUT2D eigenvalue weighted by Gasteiger charge is 2.35. The molecule has 0 radical (unpaired) electrons. The van der Waals surface area contributed by atoms with E-state index in [1.54, 1.807) is 29.2 Å². The van der Waals surface area contributed by atoms with Crippen LogP contribution in [-0.2, 0) is 11.0 Å². The van der Waals surface area contributed by atoms with Gasteiger partial charge >= 0.3 is 6.18 Å². The molecule has 0 saturated carbocycles. The molecule has 3 rings (SSSR count). The average molecular weight is 414 g/mol. The molecule has 0 atom stereocenters. The van der Waals surface area contributed by atoms with Gasteiger partial charge in [-0.15, -0.1) is 0 Å². The lowest BCUT2D eigenvalue weighted by atomic mass is 10.3. The van der Waals surface area contributed by atoms with Crippen molar-refractivity contribution in [2.45, 2.75) is 25.4 Å². The minimum absolute atomic E-state index is 0.0348. The summed E-state index contributed by atoms with van der Waals surface area (Å²) in [5, 5.41) is 6.11. The Labute approximate surface area is 165 Å². The van der Waals surface area contributed by atoms with Crippen LogP contribution >= 0.6 is 11.6 Å². The predicted molar refractivity (Wildman–Crippen MR) is 101 cm³/mol. The van der Waals surface area contributed by atoms with E-state index in [9.17, 15) is 18.0 Å². The van der Waals surface area contributed by atoms with Crippen LogP contribution in [0.5, 0.6) is 0 Å². The van der Waals surface area contributed by atoms with Crippen molar-refractivity contribution >= 4 is 35.0 Å². The lowest BCUT2D eigenvalue weighted by Crippen LogP contribution is -2.27. The normalized spacial score (nSPS) is 14.4. The lowest BCUT2D eigenvalue weighted by molar-refractivity contribution is -0.137. The van der Waals surface area contributed by atoms with Gasteiger partial charge in [-0.2, -0.15) is 18.2 Å². The van der Waals surface area contributed by atoms with E-state index in [-0.39, 0.29) is 24.2 Å². The Balaban J connectivity index is 1.67. The third-order valence-electron chi connectivity index (χ3n) is 4.26. The summed E-state index contributed by atoms with van der Waals surface area (Å²) in [6.45, 7) is 1.47. The number of carbonyl (C=O) groups excluding carboxylic acids is 1. The summed E-state index contributed by atoms with van der Waals surface area (Å²) in [5.41, 5.74) is -0.339. The van der Waals surface area contributed by atoms with Gasteiger partial charge < -0.3 is 15.5 Å². The van der Waals surface area contributed by atoms with Gasteiger partial charge in [0, 0.05) is 43.0 Å². The first kappa shape index (κ1) is 20.2. The summed E-state index contributed by atoms with van der Waals surface area (Å²) in [6.07, 6.45) is -1.94. The van der Waals surface area contributed by atoms with Crippen LogP contribution in [0.2, 0.25) is 5.02 Å². The molecule has 1 aliphatic heterocycles. The van der Waals surface area contributed by atoms with Crippen LogP contribution in [0.3, 0.4) is 0 Å². The Hall–Kier alpha value is -2.55. The molecule has 2 N–H and O–H groups in total. The number of anilines is 3. The summed E-state index contributed by atoms with van der Waals surface area (Å²) < 4.78 is 39.7. The van der Waals surface area contributed by atoms with Crippen molar-refractivity contribution < 1.29 is 18.0 Å². The highest BCUT2D eigenvalue weighted by Crippen LogP contribution is 2.34. The molecule has 0 aliphatic carbocycles. The number of likely N-dealkylation sites (tertiary alicyclic amines) is 1. The molecule has 1 aromatic heterocycles. The maximum Gasteiger partial charge on any atom is 0.421 e. The topological polar surface area (TPSA) is 70.2 Å². The minimum atomic E-state index is -4.58. The summed E-state index contributed by atoms with van der Waals surface area (Å²) in [4.78, 5) is 21.0. The Morgan fingerprint density at radius 3 is 2.61 bits per heavy atom. The molecule has 2 aromatic rings. The Kier molecular flexibility index (Phi) is 6.23. The van der Waals surface area contributed by atoms with E-state index >= 15 is 0 Å². The summed E-state index contributed by atoms with van der Waals surface area (Å²) in [5.74, 6) is -0.174. The third kappa shape index (κ3) is 5.25. The van der Waals surface area contributed by atoms with Crippen LogP contribution in [0.15, 0.2) is 30.5 Å². The number of aromatic nitrogens is 2. The fraction of sp³-hybridized carbons (Fsp3) is 0.389. The van der Waals surface area contributed by atoms with E-state index < -0.39 is 11.7 Å². The van der Waals surface area contributed by atoms with Crippen molar-refractivity contribution in [2.24, 2.45) is 0 Å². The van der Waals surface area contributed by atoms with E-state index in [1.165, 1.54) is 0 Å². The molecule has 1 saturated heterocycles. The largest absolute Gasteiger partial charge is 0.421 e. The van der Waals surface area contributed by atoms with Crippen molar-refractivity contribution in [3.05, 3.63) is 41.0 Å². The maximum absolute atomic E-state index is 13.2. The molecule has 1 aliphatic rings. The molecule has 6 nitrogen and oxygen atoms in total. The molecular formula is C18H19ClF3N5O. The van der Waals surface area contributed by atoms with E-state index in [1.807, 2.05) is 0 Å². The smallest absolute Gasteiger partial charge is 0.369 e. The fourth-order valence-electron chi connectivity index (χ4n) is 2.86. The number of benzene rings is 1. The predicted octanol–water partition coefficient (Wildman–Crippen LogP) is 4.32. The molecule has 0 unspecified atom stereocenters. The number of nitrogens with zero attached hydrogens (tertiary/aromatic N) is 3. The van der Waals surface area contributed by atoms with E-state index in [0.717, 1.165) is 12.6 Å². The number of carbonyl (C=O) groups is 1. The second-order valence-corrected chi connectivity index (χ2v) is 6.79. The number of alkyl halides is 3. The highest BCUT2D eigenvalue weighted by atomic mass is 35.5. The average Bonchev–Trinajstić information content (AvgIpc) is 3.05. The first-order valence-corrected chi connectivity index (χ1v) is 9.19. The molecule has 1 aromatic carbocycles. The zero-order valence-electron chi connectivity index (χ0n) is 14.9. The number of hydrogen-bond donors (Lipinski definition) is 2. The summed E-state index contributed by atoms with van der Waals surface area (Å²) >= 11 is 5.82. The molecular weight excluding hydrogens is 395 g/mol. The Morgan fingerprint density at radius 1 is 1.21 bits per heavy atom. The number of halogens is 4. The lowest BCUT2D eigenvalue weighted by Gasteiger charge is -2.17. The number of nitrogens with one attached hydrogen (secondary N) is 2. The quantitative estimate of drug-likeness (QED) is 0.662. The van der Waals surface area contributed by atoms with Gasteiger partial charge in [0.1, 0.15) is 11.4 Å². The zero-order valence-corrected chi connectivity index (χ0v) is 15.6. The Bertz CT molecular complexity index is 829. The molecule has 0 bridgehead atoms. The highest BCUT2D eigenvalue weighted by molar-refractivity contribution is 6.30. The molecule has 2 heterocycles. The Morgan fingerprint density at radius 2 is 1.96 bits per heavy atom. The molecule has 28 heavy (non-hydrogen) atoms. The monoisotopic (exact) mass is 413 g/mol. The van der Waals surface area contributed by atoms with Crippen LogP contribution in [0.1, 0.15) is 24.8 Å². The van der Waals surface area contributed by atoms with E-state index in [2.05, 4.69) is 20.6 Å². The maximum atomic E-state index is 13.2. The van der Waals surface area contributed by atoms with Crippen molar-refractivity contribution in [2.75, 3.05) is 30.3 Å². The van der Waals surface area contributed by atoms with Gasteiger partial charge in [-0.05, 0) is 37.1 Å². The first-order chi connectivity index (χ1) is 13.3. The van der Waals surface area contributed by atoms with Crippen molar-refractivity contribution in [3.63, 3.8) is 0 Å². The van der Waals surface area contributed by atoms with Crippen molar-refractivity contribution in [1.82, 2.24) is 14.9 Å². The van der Waals surface area contributed by atoms with Crippen molar-refractivity contribution in [3.8, 4) is 0 Å². The molecule has 1 fully saturated rings.